The molecule has 1 saturated heterocycles. The Bertz CT molecular complexity index is 975. The van der Waals surface area contributed by atoms with Crippen LogP contribution in [0.3, 0.4) is 0 Å². The first kappa shape index (κ1) is 21.9. The fourth-order valence-corrected chi connectivity index (χ4v) is 3.47. The van der Waals surface area contributed by atoms with E-state index in [2.05, 4.69) is 20.6 Å². The van der Waals surface area contributed by atoms with E-state index in [9.17, 15) is 19.2 Å². The summed E-state index contributed by atoms with van der Waals surface area (Å²) in [5.74, 6) is -1.91. The first-order valence-corrected chi connectivity index (χ1v) is 9.86. The third-order valence-electron chi connectivity index (χ3n) is 5.25. The van der Waals surface area contributed by atoms with Gasteiger partial charge in [-0.05, 0) is 31.9 Å². The van der Waals surface area contributed by atoms with E-state index in [0.717, 1.165) is 0 Å². The van der Waals surface area contributed by atoms with Gasteiger partial charge in [0.1, 0.15) is 23.5 Å². The number of aryl methyl sites for hydroxylation is 1. The lowest BCUT2D eigenvalue weighted by Crippen LogP contribution is -2.59. The van der Waals surface area contributed by atoms with E-state index < -0.39 is 29.8 Å². The second kappa shape index (κ2) is 9.37. The summed E-state index contributed by atoms with van der Waals surface area (Å²) in [6.45, 7) is 1.72. The fourth-order valence-electron chi connectivity index (χ4n) is 3.47. The fraction of sp³-hybridized carbons (Fsp3) is 0.400. The van der Waals surface area contributed by atoms with Gasteiger partial charge in [0.15, 0.2) is 0 Å². The molecule has 31 heavy (non-hydrogen) atoms. The Labute approximate surface area is 179 Å². The average molecular weight is 427 g/mol. The molecule has 1 aliphatic rings. The molecule has 1 fully saturated rings. The zero-order chi connectivity index (χ0) is 22.5. The summed E-state index contributed by atoms with van der Waals surface area (Å²) >= 11 is 0. The Morgan fingerprint density at radius 3 is 2.65 bits per heavy atom. The lowest BCUT2D eigenvalue weighted by atomic mass is 9.95. The summed E-state index contributed by atoms with van der Waals surface area (Å²) in [7, 11) is 1.74. The highest BCUT2D eigenvalue weighted by molar-refractivity contribution is 5.98. The van der Waals surface area contributed by atoms with Crippen molar-refractivity contribution in [1.29, 1.82) is 0 Å². The third-order valence-corrected chi connectivity index (χ3v) is 5.25. The number of nitrogens with two attached hydrogens (primary N) is 1. The van der Waals surface area contributed by atoms with Gasteiger partial charge in [0.2, 0.25) is 11.8 Å². The van der Waals surface area contributed by atoms with Crippen LogP contribution in [-0.2, 0) is 16.6 Å². The molecule has 164 valence electrons. The second-order valence-electron chi connectivity index (χ2n) is 7.44. The summed E-state index contributed by atoms with van der Waals surface area (Å²) in [5, 5.41) is 5.40. The van der Waals surface area contributed by atoms with Gasteiger partial charge in [-0.25, -0.2) is 4.98 Å². The maximum atomic E-state index is 13.1. The molecule has 4 N–H and O–H groups in total. The molecule has 0 aliphatic carbocycles. The number of amides is 4. The Balaban J connectivity index is 1.78. The lowest BCUT2D eigenvalue weighted by Gasteiger charge is -2.39. The van der Waals surface area contributed by atoms with E-state index in [1.165, 1.54) is 30.4 Å². The Kier molecular flexibility index (Phi) is 6.63. The van der Waals surface area contributed by atoms with Crippen LogP contribution < -0.4 is 16.4 Å². The highest BCUT2D eigenvalue weighted by Crippen LogP contribution is 2.21. The number of carbonyl (C=O) groups excluding carboxylic acids is 4. The first-order chi connectivity index (χ1) is 14.8. The number of piperidine rings is 1. The van der Waals surface area contributed by atoms with Crippen molar-refractivity contribution in [3.8, 4) is 0 Å². The zero-order valence-corrected chi connectivity index (χ0v) is 17.3. The molecular weight excluding hydrogens is 402 g/mol. The van der Waals surface area contributed by atoms with E-state index in [1.54, 1.807) is 29.9 Å². The van der Waals surface area contributed by atoms with Crippen molar-refractivity contribution in [3.05, 3.63) is 48.3 Å². The molecule has 3 unspecified atom stereocenters. The molecule has 1 aliphatic heterocycles. The lowest BCUT2D eigenvalue weighted by molar-refractivity contribution is -0.131. The van der Waals surface area contributed by atoms with E-state index in [1.807, 2.05) is 0 Å². The quantitative estimate of drug-likeness (QED) is 0.549. The molecule has 2 aromatic heterocycles. The van der Waals surface area contributed by atoms with E-state index in [4.69, 9.17) is 5.73 Å². The summed E-state index contributed by atoms with van der Waals surface area (Å²) in [6.07, 6.45) is 6.60. The van der Waals surface area contributed by atoms with Crippen LogP contribution in [0.5, 0.6) is 0 Å². The van der Waals surface area contributed by atoms with Crippen molar-refractivity contribution >= 4 is 23.6 Å². The van der Waals surface area contributed by atoms with Crippen LogP contribution >= 0.6 is 0 Å². The highest BCUT2D eigenvalue weighted by atomic mass is 16.2. The minimum Gasteiger partial charge on any atom is -0.368 e. The topological polar surface area (TPSA) is 152 Å². The maximum absolute atomic E-state index is 13.1. The van der Waals surface area contributed by atoms with Crippen LogP contribution in [0.1, 0.15) is 40.7 Å². The predicted octanol–water partition coefficient (Wildman–Crippen LogP) is -0.792. The molecule has 3 heterocycles. The largest absolute Gasteiger partial charge is 0.368 e. The number of nitrogens with one attached hydrogen (secondary N) is 2. The van der Waals surface area contributed by atoms with Gasteiger partial charge in [-0.1, -0.05) is 0 Å². The van der Waals surface area contributed by atoms with Gasteiger partial charge < -0.3 is 25.8 Å². The molecule has 2 aromatic rings. The molecule has 11 nitrogen and oxygen atoms in total. The minimum atomic E-state index is -0.894. The average Bonchev–Trinajstić information content (AvgIpc) is 3.19. The van der Waals surface area contributed by atoms with Crippen LogP contribution in [0.2, 0.25) is 0 Å². The van der Waals surface area contributed by atoms with Crippen molar-refractivity contribution in [3.63, 3.8) is 0 Å². The predicted molar refractivity (Wildman–Crippen MR) is 110 cm³/mol. The third kappa shape index (κ3) is 5.05. The van der Waals surface area contributed by atoms with Gasteiger partial charge in [-0.15, -0.1) is 0 Å². The molecule has 3 atom stereocenters. The monoisotopic (exact) mass is 427 g/mol. The van der Waals surface area contributed by atoms with Crippen molar-refractivity contribution in [2.45, 2.75) is 37.9 Å². The number of rotatable bonds is 6. The SMILES string of the molecule is CC(NC(=O)C1CC(NC(=O)c2cnccn2)CCN1C(=O)c1cccn1C)C(N)=O. The Morgan fingerprint density at radius 1 is 1.26 bits per heavy atom. The van der Waals surface area contributed by atoms with Gasteiger partial charge >= 0.3 is 0 Å². The Hall–Kier alpha value is -3.76. The molecule has 0 radical (unpaired) electrons. The van der Waals surface area contributed by atoms with Crippen LogP contribution in [0.4, 0.5) is 0 Å². The molecule has 4 amide bonds. The minimum absolute atomic E-state index is 0.160. The number of carbonyl (C=O) groups is 4. The van der Waals surface area contributed by atoms with E-state index in [-0.39, 0.29) is 30.6 Å². The zero-order valence-electron chi connectivity index (χ0n) is 17.3. The van der Waals surface area contributed by atoms with Crippen LogP contribution in [0.15, 0.2) is 36.9 Å². The first-order valence-electron chi connectivity index (χ1n) is 9.86. The van der Waals surface area contributed by atoms with Gasteiger partial charge in [0, 0.05) is 38.2 Å². The molecule has 0 saturated carbocycles. The van der Waals surface area contributed by atoms with Crippen LogP contribution in [0.25, 0.3) is 0 Å². The van der Waals surface area contributed by atoms with Gasteiger partial charge in [0.25, 0.3) is 11.8 Å². The molecule has 0 bridgehead atoms. The van der Waals surface area contributed by atoms with Crippen LogP contribution in [-0.4, -0.2) is 67.7 Å². The number of likely N-dealkylation sites (tertiary alicyclic amines) is 1. The molecular formula is C20H25N7O4. The van der Waals surface area contributed by atoms with Gasteiger partial charge in [-0.3, -0.25) is 24.2 Å². The highest BCUT2D eigenvalue weighted by Gasteiger charge is 2.38. The molecule has 0 aromatic carbocycles. The molecule has 0 spiro atoms. The second-order valence-corrected chi connectivity index (χ2v) is 7.44. The summed E-state index contributed by atoms with van der Waals surface area (Å²) in [4.78, 5) is 59.2. The molecule has 11 heteroatoms. The summed E-state index contributed by atoms with van der Waals surface area (Å²) in [6, 6.07) is 1.27. The van der Waals surface area contributed by atoms with Gasteiger partial charge in [-0.2, -0.15) is 0 Å². The standard InChI is InChI=1S/C20H25N7O4/c1-12(17(21)28)24-19(30)16-10-13(25-18(29)14-11-22-6-7-23-14)5-9-27(16)20(31)15-4-3-8-26(15)2/h3-4,6-8,11-13,16H,5,9-10H2,1-2H3,(H2,21,28)(H,24,30)(H,25,29). The van der Waals surface area contributed by atoms with Crippen molar-refractivity contribution in [1.82, 2.24) is 30.1 Å². The van der Waals surface area contributed by atoms with Crippen molar-refractivity contribution in [2.75, 3.05) is 6.54 Å². The van der Waals surface area contributed by atoms with Crippen LogP contribution in [0, 0.1) is 0 Å². The normalized spacial score (nSPS) is 19.4. The number of hydrogen-bond acceptors (Lipinski definition) is 6. The summed E-state index contributed by atoms with van der Waals surface area (Å²) < 4.78 is 1.67. The molecule has 3 rings (SSSR count). The van der Waals surface area contributed by atoms with Crippen molar-refractivity contribution < 1.29 is 19.2 Å². The van der Waals surface area contributed by atoms with E-state index >= 15 is 0 Å². The van der Waals surface area contributed by atoms with Gasteiger partial charge in [0.05, 0.1) is 6.20 Å². The van der Waals surface area contributed by atoms with E-state index in [0.29, 0.717) is 12.1 Å². The summed E-state index contributed by atoms with van der Waals surface area (Å²) in [5.41, 5.74) is 5.85. The number of hydrogen-bond donors (Lipinski definition) is 3. The smallest absolute Gasteiger partial charge is 0.271 e. The van der Waals surface area contributed by atoms with Crippen molar-refractivity contribution in [2.24, 2.45) is 12.8 Å². The maximum Gasteiger partial charge on any atom is 0.271 e. The number of aromatic nitrogens is 3. The number of primary amides is 1. The Morgan fingerprint density at radius 2 is 2.03 bits per heavy atom. The number of nitrogens with zero attached hydrogens (tertiary/aromatic N) is 4.